The quantitative estimate of drug-likeness (QED) is 0.761. The van der Waals surface area contributed by atoms with Gasteiger partial charge in [-0.2, -0.15) is 0 Å². The van der Waals surface area contributed by atoms with E-state index >= 15 is 0 Å². The molecule has 0 aliphatic carbocycles. The number of piperidine rings is 2. The molecule has 2 aromatic rings. The van der Waals surface area contributed by atoms with Gasteiger partial charge in [-0.15, -0.1) is 0 Å². The fraction of sp³-hybridized carbons (Fsp3) is 0.522. The van der Waals surface area contributed by atoms with Gasteiger partial charge in [0.15, 0.2) is 0 Å². The Balaban J connectivity index is 1.30. The molecule has 0 radical (unpaired) electrons. The molecule has 1 aromatic heterocycles. The minimum absolute atomic E-state index is 0.149. The number of likely N-dealkylation sites (tertiary alicyclic amines) is 1. The number of benzene rings is 1. The van der Waals surface area contributed by atoms with Crippen LogP contribution in [0.2, 0.25) is 0 Å². The minimum atomic E-state index is -0.973. The van der Waals surface area contributed by atoms with Gasteiger partial charge in [0.2, 0.25) is 0 Å². The second kappa shape index (κ2) is 9.53. The number of aliphatic hydroxyl groups is 1. The normalized spacial score (nSPS) is 22.6. The Morgan fingerprint density at radius 3 is 2.60 bits per heavy atom. The van der Waals surface area contributed by atoms with Crippen LogP contribution in [-0.4, -0.2) is 64.2 Å². The average Bonchev–Trinajstić information content (AvgIpc) is 2.79. The van der Waals surface area contributed by atoms with Gasteiger partial charge in [0.25, 0.3) is 5.91 Å². The summed E-state index contributed by atoms with van der Waals surface area (Å²) >= 11 is 0. The van der Waals surface area contributed by atoms with Crippen LogP contribution < -0.4 is 10.2 Å². The minimum Gasteiger partial charge on any atom is -0.386 e. The predicted molar refractivity (Wildman–Crippen MR) is 116 cm³/mol. The smallest absolute Gasteiger partial charge is 0.251 e. The van der Waals surface area contributed by atoms with Gasteiger partial charge in [-0.25, -0.2) is 4.98 Å². The maximum atomic E-state index is 12.6. The van der Waals surface area contributed by atoms with Crippen LogP contribution in [0, 0.1) is 0 Å². The van der Waals surface area contributed by atoms with E-state index in [1.807, 2.05) is 29.2 Å². The summed E-state index contributed by atoms with van der Waals surface area (Å²) in [7, 11) is 0. The van der Waals surface area contributed by atoms with E-state index < -0.39 is 5.60 Å². The molecule has 7 nitrogen and oxygen atoms in total. The molecule has 0 unspecified atom stereocenters. The van der Waals surface area contributed by atoms with Gasteiger partial charge in [0, 0.05) is 44.1 Å². The van der Waals surface area contributed by atoms with E-state index in [-0.39, 0.29) is 12.5 Å². The van der Waals surface area contributed by atoms with Crippen LogP contribution in [0.4, 0.5) is 5.82 Å². The second-order valence-corrected chi connectivity index (χ2v) is 8.53. The van der Waals surface area contributed by atoms with Crippen molar-refractivity contribution in [1.29, 1.82) is 0 Å². The molecule has 1 amide bonds. The highest BCUT2D eigenvalue weighted by molar-refractivity contribution is 5.94. The van der Waals surface area contributed by atoms with Gasteiger partial charge in [-0.05, 0) is 56.5 Å². The molecule has 30 heavy (non-hydrogen) atoms. The number of anilines is 1. The van der Waals surface area contributed by atoms with Crippen LogP contribution in [0.1, 0.15) is 48.0 Å². The van der Waals surface area contributed by atoms with E-state index in [2.05, 4.69) is 20.2 Å². The molecule has 2 fully saturated rings. The molecule has 4 rings (SSSR count). The van der Waals surface area contributed by atoms with Crippen LogP contribution in [0.15, 0.2) is 42.9 Å². The standard InChI is InChI=1S/C23H31N5O2/c29-22(20-7-5-19(6-8-20)16-27-12-2-1-3-13-27)26-17-23(30)9-4-14-28(18-23)21-15-24-10-11-25-21/h5-8,10-11,15,30H,1-4,9,12-14,16-18H2,(H,26,29)/t23-/m0/s1. The zero-order valence-electron chi connectivity index (χ0n) is 17.5. The number of aromatic nitrogens is 2. The molecule has 1 atom stereocenters. The van der Waals surface area contributed by atoms with Crippen molar-refractivity contribution < 1.29 is 9.90 Å². The highest BCUT2D eigenvalue weighted by Crippen LogP contribution is 2.24. The molecule has 2 N–H and O–H groups in total. The number of nitrogens with zero attached hydrogens (tertiary/aromatic N) is 4. The first-order valence-electron chi connectivity index (χ1n) is 10.9. The summed E-state index contributed by atoms with van der Waals surface area (Å²) in [6.45, 7) is 4.74. The van der Waals surface area contributed by atoms with Crippen molar-refractivity contribution in [3.63, 3.8) is 0 Å². The topological polar surface area (TPSA) is 81.6 Å². The number of amides is 1. The number of β-amino-alcohol motifs (C(OH)–C–C–N with tert-alkyl or cyclic N) is 1. The molecule has 0 spiro atoms. The van der Waals surface area contributed by atoms with Crippen LogP contribution in [0.3, 0.4) is 0 Å². The zero-order chi connectivity index (χ0) is 20.8. The summed E-state index contributed by atoms with van der Waals surface area (Å²) in [6.07, 6.45) is 10.4. The third-order valence-electron chi connectivity index (χ3n) is 6.08. The summed E-state index contributed by atoms with van der Waals surface area (Å²) in [4.78, 5) is 25.5. The zero-order valence-corrected chi connectivity index (χ0v) is 17.5. The first-order chi connectivity index (χ1) is 14.6. The molecule has 0 bridgehead atoms. The summed E-state index contributed by atoms with van der Waals surface area (Å²) in [6, 6.07) is 7.83. The van der Waals surface area contributed by atoms with Crippen LogP contribution in [0.5, 0.6) is 0 Å². The van der Waals surface area contributed by atoms with Gasteiger partial charge in [0.1, 0.15) is 5.82 Å². The number of hydrogen-bond acceptors (Lipinski definition) is 6. The van der Waals surface area contributed by atoms with E-state index in [0.29, 0.717) is 18.5 Å². The number of nitrogens with one attached hydrogen (secondary N) is 1. The molecule has 0 saturated carbocycles. The molecule has 160 valence electrons. The van der Waals surface area contributed by atoms with E-state index in [1.165, 1.54) is 24.8 Å². The van der Waals surface area contributed by atoms with Crippen LogP contribution in [-0.2, 0) is 6.54 Å². The van der Waals surface area contributed by atoms with Gasteiger partial charge in [-0.3, -0.25) is 14.7 Å². The first kappa shape index (κ1) is 20.8. The largest absolute Gasteiger partial charge is 0.386 e. The Morgan fingerprint density at radius 2 is 1.87 bits per heavy atom. The van der Waals surface area contributed by atoms with E-state index in [1.54, 1.807) is 18.6 Å². The number of hydrogen-bond donors (Lipinski definition) is 2. The molecule has 2 aliphatic rings. The average molecular weight is 410 g/mol. The van der Waals surface area contributed by atoms with Crippen molar-refractivity contribution >= 4 is 11.7 Å². The molecule has 1 aromatic carbocycles. The Labute approximate surface area is 178 Å². The Kier molecular flexibility index (Phi) is 6.59. The van der Waals surface area contributed by atoms with Gasteiger partial charge in [-0.1, -0.05) is 18.6 Å². The van der Waals surface area contributed by atoms with E-state index in [4.69, 9.17) is 0 Å². The highest BCUT2D eigenvalue weighted by atomic mass is 16.3. The fourth-order valence-electron chi connectivity index (χ4n) is 4.39. The van der Waals surface area contributed by atoms with Crippen molar-refractivity contribution in [1.82, 2.24) is 20.2 Å². The fourth-order valence-corrected chi connectivity index (χ4v) is 4.39. The summed E-state index contributed by atoms with van der Waals surface area (Å²) in [5.74, 6) is 0.607. The maximum absolute atomic E-state index is 12.6. The second-order valence-electron chi connectivity index (χ2n) is 8.53. The lowest BCUT2D eigenvalue weighted by Gasteiger charge is -2.39. The Hall–Kier alpha value is -2.51. The van der Waals surface area contributed by atoms with Crippen LogP contribution >= 0.6 is 0 Å². The first-order valence-corrected chi connectivity index (χ1v) is 10.9. The third kappa shape index (κ3) is 5.34. The molecule has 7 heteroatoms. The number of carbonyl (C=O) groups excluding carboxylic acids is 1. The van der Waals surface area contributed by atoms with Crippen molar-refractivity contribution in [2.45, 2.75) is 44.2 Å². The lowest BCUT2D eigenvalue weighted by molar-refractivity contribution is 0.0254. The van der Waals surface area contributed by atoms with Gasteiger partial charge >= 0.3 is 0 Å². The predicted octanol–water partition coefficient (Wildman–Crippen LogP) is 2.22. The lowest BCUT2D eigenvalue weighted by Crippen LogP contribution is -2.54. The summed E-state index contributed by atoms with van der Waals surface area (Å²) in [5, 5.41) is 13.9. The molecular formula is C23H31N5O2. The van der Waals surface area contributed by atoms with Crippen LogP contribution in [0.25, 0.3) is 0 Å². The summed E-state index contributed by atoms with van der Waals surface area (Å²) < 4.78 is 0. The Morgan fingerprint density at radius 1 is 1.07 bits per heavy atom. The van der Waals surface area contributed by atoms with Gasteiger partial charge < -0.3 is 15.3 Å². The SMILES string of the molecule is O=C(NC[C@@]1(O)CCCN(c2cnccn2)C1)c1ccc(CN2CCCCC2)cc1. The van der Waals surface area contributed by atoms with Crippen molar-refractivity contribution in [3.8, 4) is 0 Å². The molecule has 3 heterocycles. The van der Waals surface area contributed by atoms with Gasteiger partial charge in [0.05, 0.1) is 11.8 Å². The highest BCUT2D eigenvalue weighted by Gasteiger charge is 2.34. The van der Waals surface area contributed by atoms with Crippen molar-refractivity contribution in [2.24, 2.45) is 0 Å². The molecule has 2 saturated heterocycles. The monoisotopic (exact) mass is 409 g/mol. The lowest BCUT2D eigenvalue weighted by atomic mass is 9.92. The molecular weight excluding hydrogens is 378 g/mol. The Bertz CT molecular complexity index is 823. The van der Waals surface area contributed by atoms with Crippen molar-refractivity contribution in [3.05, 3.63) is 54.0 Å². The number of carbonyl (C=O) groups is 1. The number of rotatable bonds is 6. The maximum Gasteiger partial charge on any atom is 0.251 e. The third-order valence-corrected chi connectivity index (χ3v) is 6.08. The van der Waals surface area contributed by atoms with E-state index in [9.17, 15) is 9.90 Å². The van der Waals surface area contributed by atoms with Crippen molar-refractivity contribution in [2.75, 3.05) is 37.6 Å². The molecule has 2 aliphatic heterocycles. The summed E-state index contributed by atoms with van der Waals surface area (Å²) in [5.41, 5.74) is 0.890. The van der Waals surface area contributed by atoms with E-state index in [0.717, 1.165) is 38.4 Å².